The fourth-order valence-electron chi connectivity index (χ4n) is 4.22. The Bertz CT molecular complexity index is 787. The fraction of sp³-hybridized carbons (Fsp3) is 0.571. The lowest BCUT2D eigenvalue weighted by atomic mass is 9.78. The summed E-state index contributed by atoms with van der Waals surface area (Å²) in [5.74, 6) is -0.823. The maximum atomic E-state index is 12.5. The van der Waals surface area contributed by atoms with Crippen LogP contribution in [0.15, 0.2) is 36.5 Å². The van der Waals surface area contributed by atoms with Gasteiger partial charge in [-0.1, -0.05) is 18.2 Å². The Hall–Kier alpha value is -2.62. The van der Waals surface area contributed by atoms with E-state index in [1.54, 1.807) is 6.20 Å². The molecule has 0 saturated carbocycles. The second-order valence-corrected chi connectivity index (χ2v) is 7.97. The molecule has 1 amide bonds. The maximum absolute atomic E-state index is 12.5. The average molecular weight is 441 g/mol. The van der Waals surface area contributed by atoms with Crippen molar-refractivity contribution >= 4 is 17.7 Å². The summed E-state index contributed by atoms with van der Waals surface area (Å²) in [6, 6.07) is 5.90. The highest BCUT2D eigenvalue weighted by atomic mass is 19.4. The molecule has 3 heterocycles. The summed E-state index contributed by atoms with van der Waals surface area (Å²) in [6.45, 7) is 3.27. The number of likely N-dealkylation sites (tertiary alicyclic amines) is 1. The summed E-state index contributed by atoms with van der Waals surface area (Å²) in [7, 11) is 0. The quantitative estimate of drug-likeness (QED) is 0.683. The molecule has 2 N–H and O–H groups in total. The monoisotopic (exact) mass is 441 g/mol. The zero-order valence-corrected chi connectivity index (χ0v) is 17.0. The van der Waals surface area contributed by atoms with Crippen LogP contribution in [0, 0.1) is 11.8 Å². The van der Waals surface area contributed by atoms with E-state index in [2.05, 4.69) is 22.5 Å². The predicted molar refractivity (Wildman–Crippen MR) is 106 cm³/mol. The van der Waals surface area contributed by atoms with Crippen LogP contribution in [0.4, 0.5) is 19.0 Å². The third-order valence-corrected chi connectivity index (χ3v) is 5.89. The van der Waals surface area contributed by atoms with Crippen LogP contribution >= 0.6 is 0 Å². The van der Waals surface area contributed by atoms with Gasteiger partial charge in [-0.15, -0.1) is 0 Å². The Morgan fingerprint density at radius 1 is 1.26 bits per heavy atom. The maximum Gasteiger partial charge on any atom is 0.490 e. The van der Waals surface area contributed by atoms with E-state index in [9.17, 15) is 18.0 Å². The van der Waals surface area contributed by atoms with Gasteiger partial charge >= 0.3 is 12.1 Å². The number of amides is 1. The van der Waals surface area contributed by atoms with Crippen molar-refractivity contribution in [3.63, 3.8) is 0 Å². The molecule has 3 aliphatic rings. The topological polar surface area (TPSA) is 91.8 Å². The zero-order valence-electron chi connectivity index (χ0n) is 17.0. The van der Waals surface area contributed by atoms with E-state index in [-0.39, 0.29) is 11.5 Å². The molecule has 1 spiro atoms. The molecule has 170 valence electrons. The molecule has 1 unspecified atom stereocenters. The van der Waals surface area contributed by atoms with Gasteiger partial charge in [-0.2, -0.15) is 13.2 Å². The molecule has 0 aromatic carbocycles. The number of alkyl halides is 3. The average Bonchev–Trinajstić information content (AvgIpc) is 3.37. The highest BCUT2D eigenvalue weighted by Crippen LogP contribution is 2.42. The molecule has 1 aliphatic carbocycles. The van der Waals surface area contributed by atoms with Crippen LogP contribution < -0.4 is 5.32 Å². The molecular formula is C21H26F3N3O4. The summed E-state index contributed by atoms with van der Waals surface area (Å²) in [5.41, 5.74) is -0.0898. The first kappa shape index (κ1) is 23.1. The van der Waals surface area contributed by atoms with Crippen LogP contribution in [-0.4, -0.2) is 64.9 Å². The summed E-state index contributed by atoms with van der Waals surface area (Å²) >= 11 is 0. The van der Waals surface area contributed by atoms with E-state index in [0.717, 1.165) is 57.7 Å². The van der Waals surface area contributed by atoms with Crippen LogP contribution in [0.2, 0.25) is 0 Å². The minimum Gasteiger partial charge on any atom is -0.475 e. The lowest BCUT2D eigenvalue weighted by molar-refractivity contribution is -0.192. The number of hydrogen-bond donors (Lipinski definition) is 2. The Morgan fingerprint density at radius 2 is 1.94 bits per heavy atom. The number of aliphatic carboxylic acids is 1. The van der Waals surface area contributed by atoms with Gasteiger partial charge in [0.1, 0.15) is 11.4 Å². The van der Waals surface area contributed by atoms with Gasteiger partial charge in [-0.05, 0) is 43.7 Å². The van der Waals surface area contributed by atoms with Gasteiger partial charge in [0.05, 0.1) is 13.1 Å². The number of aromatic nitrogens is 1. The number of pyridine rings is 1. The number of carbonyl (C=O) groups is 2. The number of allylic oxidation sites excluding steroid dienone is 2. The summed E-state index contributed by atoms with van der Waals surface area (Å²) < 4.78 is 37.8. The van der Waals surface area contributed by atoms with Gasteiger partial charge in [-0.3, -0.25) is 4.79 Å². The molecule has 7 nitrogen and oxygen atoms in total. The SMILES string of the molecule is O=C(C1CC=CC1)N1CC2(C1)OCCC2CCNc1ccccn1.O=C(O)C(F)(F)F. The number of hydrogen-bond acceptors (Lipinski definition) is 5. The van der Waals surface area contributed by atoms with Crippen molar-refractivity contribution in [1.29, 1.82) is 0 Å². The molecule has 2 saturated heterocycles. The van der Waals surface area contributed by atoms with E-state index in [1.807, 2.05) is 23.1 Å². The summed E-state index contributed by atoms with van der Waals surface area (Å²) in [4.78, 5) is 27.7. The number of carbonyl (C=O) groups excluding carboxylic acids is 1. The van der Waals surface area contributed by atoms with Crippen LogP contribution in [0.5, 0.6) is 0 Å². The first-order chi connectivity index (χ1) is 14.7. The number of carboxylic acids is 1. The Labute approximate surface area is 178 Å². The smallest absolute Gasteiger partial charge is 0.475 e. The molecule has 10 heteroatoms. The third kappa shape index (κ3) is 5.75. The van der Waals surface area contributed by atoms with Gasteiger partial charge in [0.2, 0.25) is 5.91 Å². The molecule has 2 fully saturated rings. The zero-order chi connectivity index (χ0) is 22.5. The molecule has 4 rings (SSSR count). The minimum atomic E-state index is -5.08. The molecule has 2 aliphatic heterocycles. The minimum absolute atomic E-state index is 0.0898. The van der Waals surface area contributed by atoms with E-state index < -0.39 is 12.1 Å². The summed E-state index contributed by atoms with van der Waals surface area (Å²) in [6.07, 6.45) is 4.92. The Kier molecular flexibility index (Phi) is 7.19. The number of anilines is 1. The number of rotatable bonds is 5. The second kappa shape index (κ2) is 9.67. The van der Waals surface area contributed by atoms with Crippen LogP contribution in [0.1, 0.15) is 25.7 Å². The van der Waals surface area contributed by atoms with Gasteiger partial charge in [-0.25, -0.2) is 9.78 Å². The highest BCUT2D eigenvalue weighted by molar-refractivity contribution is 5.80. The van der Waals surface area contributed by atoms with Gasteiger partial charge < -0.3 is 20.1 Å². The lowest BCUT2D eigenvalue weighted by Crippen LogP contribution is -2.66. The van der Waals surface area contributed by atoms with E-state index >= 15 is 0 Å². The van der Waals surface area contributed by atoms with Crippen molar-refractivity contribution in [2.75, 3.05) is 31.6 Å². The predicted octanol–water partition coefficient (Wildman–Crippen LogP) is 3.10. The van der Waals surface area contributed by atoms with Crippen molar-refractivity contribution < 1.29 is 32.6 Å². The van der Waals surface area contributed by atoms with Crippen molar-refractivity contribution in [3.8, 4) is 0 Å². The van der Waals surface area contributed by atoms with E-state index in [1.165, 1.54) is 0 Å². The molecule has 1 atom stereocenters. The first-order valence-corrected chi connectivity index (χ1v) is 10.2. The Morgan fingerprint density at radius 3 is 2.52 bits per heavy atom. The number of nitrogens with zero attached hydrogens (tertiary/aromatic N) is 2. The van der Waals surface area contributed by atoms with Gasteiger partial charge in [0.25, 0.3) is 0 Å². The molecule has 1 aromatic rings. The van der Waals surface area contributed by atoms with E-state index in [4.69, 9.17) is 14.6 Å². The number of halogens is 3. The fourth-order valence-corrected chi connectivity index (χ4v) is 4.22. The van der Waals surface area contributed by atoms with Gasteiger partial charge in [0, 0.05) is 25.3 Å². The molecule has 0 bridgehead atoms. The van der Waals surface area contributed by atoms with E-state index in [0.29, 0.717) is 11.8 Å². The van der Waals surface area contributed by atoms with Crippen molar-refractivity contribution in [3.05, 3.63) is 36.5 Å². The van der Waals surface area contributed by atoms with Crippen molar-refractivity contribution in [1.82, 2.24) is 9.88 Å². The highest BCUT2D eigenvalue weighted by Gasteiger charge is 2.54. The van der Waals surface area contributed by atoms with Crippen molar-refractivity contribution in [2.24, 2.45) is 11.8 Å². The number of carboxylic acid groups (broad SMARTS) is 1. The normalized spacial score (nSPS) is 22.0. The lowest BCUT2D eigenvalue weighted by Gasteiger charge is -2.51. The third-order valence-electron chi connectivity index (χ3n) is 5.89. The number of ether oxygens (including phenoxy) is 1. The standard InChI is InChI=1S/C19H25N3O2.C2HF3O2/c23-18(15-5-1-2-6-15)22-13-19(14-22)16(9-12-24-19)8-11-21-17-7-3-4-10-20-17;3-2(4,5)1(6)7/h1-4,7,10,15-16H,5-6,8-9,11-14H2,(H,20,21);(H,6,7). The largest absolute Gasteiger partial charge is 0.490 e. The van der Waals surface area contributed by atoms with Crippen LogP contribution in [-0.2, 0) is 14.3 Å². The van der Waals surface area contributed by atoms with Crippen LogP contribution in [0.3, 0.4) is 0 Å². The molecule has 1 aromatic heterocycles. The molecular weight excluding hydrogens is 415 g/mol. The van der Waals surface area contributed by atoms with Crippen LogP contribution in [0.25, 0.3) is 0 Å². The molecule has 31 heavy (non-hydrogen) atoms. The second-order valence-electron chi connectivity index (χ2n) is 7.97. The summed E-state index contributed by atoms with van der Waals surface area (Å²) in [5, 5.41) is 10.5. The first-order valence-electron chi connectivity index (χ1n) is 10.2. The Balaban J connectivity index is 0.000000339. The van der Waals surface area contributed by atoms with Crippen molar-refractivity contribution in [2.45, 2.75) is 37.5 Å². The molecule has 0 radical (unpaired) electrons. The van der Waals surface area contributed by atoms with Gasteiger partial charge in [0.15, 0.2) is 0 Å². The number of nitrogens with one attached hydrogen (secondary N) is 1.